The highest BCUT2D eigenvalue weighted by molar-refractivity contribution is 5.97. The molecule has 1 aliphatic carbocycles. The molecule has 1 aromatic carbocycles. The molecule has 0 unspecified atom stereocenters. The Hall–Kier alpha value is -2.50. The number of hydrogen-bond donors (Lipinski definition) is 1. The fourth-order valence-electron chi connectivity index (χ4n) is 3.19. The van der Waals surface area contributed by atoms with Gasteiger partial charge in [-0.25, -0.2) is 4.98 Å². The molecule has 1 N–H and O–H groups in total. The Bertz CT molecular complexity index is 750. The van der Waals surface area contributed by atoms with E-state index in [1.165, 1.54) is 25.0 Å². The van der Waals surface area contributed by atoms with Gasteiger partial charge in [0.25, 0.3) is 5.91 Å². The molecule has 134 valence electrons. The van der Waals surface area contributed by atoms with Crippen molar-refractivity contribution in [1.82, 2.24) is 14.9 Å². The topological polar surface area (TPSA) is 65.4 Å². The number of ether oxygens (including phenoxy) is 2. The van der Waals surface area contributed by atoms with E-state index in [4.69, 9.17) is 9.47 Å². The van der Waals surface area contributed by atoms with E-state index in [-0.39, 0.29) is 5.91 Å². The first-order chi connectivity index (χ1) is 12.1. The second-order valence-corrected chi connectivity index (χ2v) is 6.34. The quantitative estimate of drug-likeness (QED) is 0.839. The lowest BCUT2D eigenvalue weighted by molar-refractivity contribution is 0.0950. The van der Waals surface area contributed by atoms with Crippen LogP contribution >= 0.6 is 0 Å². The molecule has 3 rings (SSSR count). The van der Waals surface area contributed by atoms with Crippen LogP contribution in [0, 0.1) is 6.92 Å². The van der Waals surface area contributed by atoms with Gasteiger partial charge in [-0.15, -0.1) is 0 Å². The largest absolute Gasteiger partial charge is 0.497 e. The first-order valence-corrected chi connectivity index (χ1v) is 8.67. The fraction of sp³-hybridized carbons (Fsp3) is 0.474. The minimum Gasteiger partial charge on any atom is -0.497 e. The number of methoxy groups -OCH3 is 2. The van der Waals surface area contributed by atoms with Crippen molar-refractivity contribution in [3.8, 4) is 11.5 Å². The van der Waals surface area contributed by atoms with Crippen molar-refractivity contribution in [2.75, 3.05) is 20.8 Å². The van der Waals surface area contributed by atoms with Gasteiger partial charge in [0.15, 0.2) is 0 Å². The van der Waals surface area contributed by atoms with E-state index in [9.17, 15) is 4.79 Å². The Kier molecular flexibility index (Phi) is 5.26. The third kappa shape index (κ3) is 3.62. The molecule has 1 fully saturated rings. The highest BCUT2D eigenvalue weighted by atomic mass is 16.5. The van der Waals surface area contributed by atoms with E-state index in [2.05, 4.69) is 21.8 Å². The number of aromatic nitrogens is 2. The van der Waals surface area contributed by atoms with Crippen molar-refractivity contribution in [1.29, 1.82) is 0 Å². The Morgan fingerprint density at radius 1 is 1.32 bits per heavy atom. The minimum absolute atomic E-state index is 0.155. The van der Waals surface area contributed by atoms with Crippen molar-refractivity contribution in [3.63, 3.8) is 0 Å². The summed E-state index contributed by atoms with van der Waals surface area (Å²) in [5.74, 6) is 2.05. The molecule has 1 aromatic heterocycles. The average Bonchev–Trinajstić information content (AvgIpc) is 2.93. The second-order valence-electron chi connectivity index (χ2n) is 6.34. The van der Waals surface area contributed by atoms with Crippen molar-refractivity contribution < 1.29 is 14.3 Å². The Morgan fingerprint density at radius 2 is 2.12 bits per heavy atom. The van der Waals surface area contributed by atoms with Crippen LogP contribution in [0.1, 0.15) is 47.2 Å². The lowest BCUT2D eigenvalue weighted by Crippen LogP contribution is -2.28. The number of aryl methyl sites for hydroxylation is 1. The second kappa shape index (κ2) is 7.59. The molecule has 25 heavy (non-hydrogen) atoms. The molecule has 6 nitrogen and oxygen atoms in total. The van der Waals surface area contributed by atoms with Gasteiger partial charge < -0.3 is 19.4 Å². The van der Waals surface area contributed by atoms with Gasteiger partial charge in [0, 0.05) is 37.0 Å². The summed E-state index contributed by atoms with van der Waals surface area (Å²) in [6, 6.07) is 5.76. The normalized spacial score (nSPS) is 14.0. The summed E-state index contributed by atoms with van der Waals surface area (Å²) in [6.07, 6.45) is 6.37. The van der Waals surface area contributed by atoms with Crippen LogP contribution in [0.2, 0.25) is 0 Å². The number of nitrogens with zero attached hydrogens (tertiary/aromatic N) is 2. The fourth-order valence-corrected chi connectivity index (χ4v) is 3.19. The summed E-state index contributed by atoms with van der Waals surface area (Å²) in [5.41, 5.74) is 1.70. The monoisotopic (exact) mass is 343 g/mol. The van der Waals surface area contributed by atoms with E-state index in [0.717, 1.165) is 5.82 Å². The molecular weight excluding hydrogens is 318 g/mol. The van der Waals surface area contributed by atoms with Gasteiger partial charge >= 0.3 is 0 Å². The van der Waals surface area contributed by atoms with Gasteiger partial charge in [0.05, 0.1) is 19.8 Å². The zero-order chi connectivity index (χ0) is 17.8. The third-order valence-corrected chi connectivity index (χ3v) is 4.79. The minimum atomic E-state index is -0.155. The molecule has 1 saturated carbocycles. The van der Waals surface area contributed by atoms with Crippen molar-refractivity contribution in [2.24, 2.45) is 0 Å². The molecule has 0 bridgehead atoms. The summed E-state index contributed by atoms with van der Waals surface area (Å²) in [4.78, 5) is 17.0. The summed E-state index contributed by atoms with van der Waals surface area (Å²) in [7, 11) is 3.13. The zero-order valence-corrected chi connectivity index (χ0v) is 15.0. The molecule has 1 heterocycles. The summed E-state index contributed by atoms with van der Waals surface area (Å²) >= 11 is 0. The van der Waals surface area contributed by atoms with Crippen molar-refractivity contribution in [2.45, 2.75) is 38.6 Å². The van der Waals surface area contributed by atoms with Gasteiger partial charge in [0.2, 0.25) is 0 Å². The standard InChI is InChI=1S/C19H25N3O3/c1-13-12-21-18(22(13)14-5-4-6-14)9-10-20-19(23)16-8-7-15(24-2)11-17(16)25-3/h7-8,11-12,14H,4-6,9-10H2,1-3H3,(H,20,23). The number of rotatable bonds is 7. The molecular formula is C19H25N3O3. The lowest BCUT2D eigenvalue weighted by Gasteiger charge is -2.29. The number of hydrogen-bond acceptors (Lipinski definition) is 4. The van der Waals surface area contributed by atoms with Crippen LogP contribution in [0.4, 0.5) is 0 Å². The highest BCUT2D eigenvalue weighted by Gasteiger charge is 2.23. The zero-order valence-electron chi connectivity index (χ0n) is 15.0. The van der Waals surface area contributed by atoms with E-state index in [0.29, 0.717) is 36.1 Å². The number of amides is 1. The van der Waals surface area contributed by atoms with Crippen molar-refractivity contribution in [3.05, 3.63) is 41.5 Å². The Balaban J connectivity index is 1.62. The van der Waals surface area contributed by atoms with Crippen LogP contribution in [0.15, 0.2) is 24.4 Å². The molecule has 6 heteroatoms. The maximum atomic E-state index is 12.4. The van der Waals surface area contributed by atoms with Crippen LogP contribution in [-0.2, 0) is 6.42 Å². The van der Waals surface area contributed by atoms with Crippen LogP contribution in [0.5, 0.6) is 11.5 Å². The van der Waals surface area contributed by atoms with E-state index in [1.54, 1.807) is 32.4 Å². The summed E-state index contributed by atoms with van der Waals surface area (Å²) < 4.78 is 12.8. The maximum absolute atomic E-state index is 12.4. The molecule has 0 spiro atoms. The molecule has 0 radical (unpaired) electrons. The molecule has 0 aliphatic heterocycles. The maximum Gasteiger partial charge on any atom is 0.255 e. The summed E-state index contributed by atoms with van der Waals surface area (Å²) in [5, 5.41) is 2.96. The molecule has 0 atom stereocenters. The molecule has 1 amide bonds. The third-order valence-electron chi connectivity index (χ3n) is 4.79. The molecule has 2 aromatic rings. The van der Waals surface area contributed by atoms with Crippen LogP contribution in [-0.4, -0.2) is 36.2 Å². The SMILES string of the molecule is COc1ccc(C(=O)NCCc2ncc(C)n2C2CCC2)c(OC)c1. The van der Waals surface area contributed by atoms with Crippen LogP contribution in [0.3, 0.4) is 0 Å². The molecule has 1 aliphatic rings. The van der Waals surface area contributed by atoms with E-state index < -0.39 is 0 Å². The number of benzene rings is 1. The predicted molar refractivity (Wildman–Crippen MR) is 95.4 cm³/mol. The summed E-state index contributed by atoms with van der Waals surface area (Å²) in [6.45, 7) is 2.63. The predicted octanol–water partition coefficient (Wildman–Crippen LogP) is 2.91. The van der Waals surface area contributed by atoms with Gasteiger partial charge in [-0.2, -0.15) is 0 Å². The lowest BCUT2D eigenvalue weighted by atomic mass is 9.92. The smallest absolute Gasteiger partial charge is 0.255 e. The van der Waals surface area contributed by atoms with E-state index in [1.807, 2.05) is 6.20 Å². The Morgan fingerprint density at radius 3 is 2.76 bits per heavy atom. The highest BCUT2D eigenvalue weighted by Crippen LogP contribution is 2.33. The number of carbonyl (C=O) groups is 1. The number of nitrogens with one attached hydrogen (secondary N) is 1. The first-order valence-electron chi connectivity index (χ1n) is 8.67. The van der Waals surface area contributed by atoms with Crippen LogP contribution < -0.4 is 14.8 Å². The van der Waals surface area contributed by atoms with Gasteiger partial charge in [-0.3, -0.25) is 4.79 Å². The van der Waals surface area contributed by atoms with Crippen LogP contribution in [0.25, 0.3) is 0 Å². The number of imidazole rings is 1. The van der Waals surface area contributed by atoms with Gasteiger partial charge in [0.1, 0.15) is 17.3 Å². The Labute approximate surface area is 148 Å². The van der Waals surface area contributed by atoms with Gasteiger partial charge in [-0.05, 0) is 38.3 Å². The first kappa shape index (κ1) is 17.3. The molecule has 0 saturated heterocycles. The van der Waals surface area contributed by atoms with Crippen molar-refractivity contribution >= 4 is 5.91 Å². The average molecular weight is 343 g/mol. The number of carbonyl (C=O) groups excluding carboxylic acids is 1. The van der Waals surface area contributed by atoms with Gasteiger partial charge in [-0.1, -0.05) is 0 Å². The van der Waals surface area contributed by atoms with E-state index >= 15 is 0 Å².